The monoisotopic (exact) mass is 208 g/mol. The van der Waals surface area contributed by atoms with Crippen LogP contribution >= 0.6 is 0 Å². The van der Waals surface area contributed by atoms with E-state index >= 15 is 0 Å². The maximum atomic E-state index is 11.7. The standard InChI is InChI=1S/C7H6F2Se/c8-7(9)10-6-4-2-1-3-5-6/h1-5,7H. The van der Waals surface area contributed by atoms with Crippen LogP contribution in [-0.4, -0.2) is 20.3 Å². The van der Waals surface area contributed by atoms with Gasteiger partial charge in [-0.1, -0.05) is 0 Å². The number of halogens is 2. The van der Waals surface area contributed by atoms with E-state index in [1.54, 1.807) is 24.3 Å². The van der Waals surface area contributed by atoms with Crippen molar-refractivity contribution in [2.45, 2.75) is 5.32 Å². The third kappa shape index (κ3) is 2.46. The number of alkyl halides is 2. The fourth-order valence-corrected chi connectivity index (χ4v) is 1.69. The molecule has 0 saturated carbocycles. The van der Waals surface area contributed by atoms with Crippen LogP contribution < -0.4 is 4.46 Å². The molecule has 0 aliphatic rings. The zero-order chi connectivity index (χ0) is 7.40. The number of hydrogen-bond acceptors (Lipinski definition) is 0. The molecule has 0 bridgehead atoms. The first-order valence-electron chi connectivity index (χ1n) is 2.79. The fraction of sp³-hybridized carbons (Fsp3) is 0.143. The van der Waals surface area contributed by atoms with Crippen molar-refractivity contribution in [1.82, 2.24) is 0 Å². The molecule has 0 amide bonds. The number of hydrogen-bond donors (Lipinski definition) is 0. The van der Waals surface area contributed by atoms with Crippen molar-refractivity contribution in [1.29, 1.82) is 0 Å². The Kier molecular flexibility index (Phi) is 2.84. The zero-order valence-electron chi connectivity index (χ0n) is 5.13. The molecular weight excluding hydrogens is 201 g/mol. The van der Waals surface area contributed by atoms with Gasteiger partial charge in [0, 0.05) is 0 Å². The van der Waals surface area contributed by atoms with Crippen LogP contribution in [0.4, 0.5) is 8.78 Å². The molecule has 0 radical (unpaired) electrons. The van der Waals surface area contributed by atoms with Crippen LogP contribution in [0.25, 0.3) is 0 Å². The average molecular weight is 207 g/mol. The molecule has 0 aromatic heterocycles. The molecule has 0 spiro atoms. The fourth-order valence-electron chi connectivity index (χ4n) is 0.602. The Balaban J connectivity index is 2.59. The van der Waals surface area contributed by atoms with Crippen molar-refractivity contribution in [2.75, 3.05) is 0 Å². The Morgan fingerprint density at radius 1 is 1.10 bits per heavy atom. The summed E-state index contributed by atoms with van der Waals surface area (Å²) in [5.41, 5.74) is 0. The van der Waals surface area contributed by atoms with Crippen LogP contribution in [0.3, 0.4) is 0 Å². The predicted octanol–water partition coefficient (Wildman–Crippen LogP) is 1.24. The van der Waals surface area contributed by atoms with Crippen molar-refractivity contribution < 1.29 is 8.78 Å². The van der Waals surface area contributed by atoms with Gasteiger partial charge in [0.2, 0.25) is 0 Å². The maximum absolute atomic E-state index is 11.7. The van der Waals surface area contributed by atoms with Crippen LogP contribution in [0.5, 0.6) is 0 Å². The van der Waals surface area contributed by atoms with Gasteiger partial charge in [0.15, 0.2) is 0 Å². The van der Waals surface area contributed by atoms with Crippen molar-refractivity contribution in [3.8, 4) is 0 Å². The topological polar surface area (TPSA) is 0 Å². The SMILES string of the molecule is FC(F)[Se]c1ccccc1. The van der Waals surface area contributed by atoms with Crippen LogP contribution in [0, 0.1) is 0 Å². The van der Waals surface area contributed by atoms with Gasteiger partial charge < -0.3 is 0 Å². The van der Waals surface area contributed by atoms with Gasteiger partial charge in [-0.15, -0.1) is 0 Å². The first-order valence-corrected chi connectivity index (χ1v) is 4.63. The normalized spacial score (nSPS) is 10.3. The molecule has 0 fully saturated rings. The molecule has 0 aliphatic heterocycles. The molecule has 10 heavy (non-hydrogen) atoms. The Labute approximate surface area is 64.4 Å². The summed E-state index contributed by atoms with van der Waals surface area (Å²) >= 11 is -0.665. The molecule has 0 aliphatic carbocycles. The second kappa shape index (κ2) is 3.69. The average Bonchev–Trinajstić information content (AvgIpc) is 1.88. The molecule has 1 rings (SSSR count). The van der Waals surface area contributed by atoms with E-state index in [4.69, 9.17) is 0 Å². The molecule has 1 aromatic carbocycles. The number of benzene rings is 1. The third-order valence-corrected chi connectivity index (χ3v) is 2.48. The summed E-state index contributed by atoms with van der Waals surface area (Å²) in [4.78, 5) is 0. The van der Waals surface area contributed by atoms with Gasteiger partial charge >= 0.3 is 63.9 Å². The zero-order valence-corrected chi connectivity index (χ0v) is 6.84. The molecule has 0 saturated heterocycles. The Morgan fingerprint density at radius 2 is 1.70 bits per heavy atom. The molecule has 54 valence electrons. The van der Waals surface area contributed by atoms with E-state index in [-0.39, 0.29) is 0 Å². The first kappa shape index (κ1) is 7.70. The van der Waals surface area contributed by atoms with E-state index in [0.29, 0.717) is 0 Å². The van der Waals surface area contributed by atoms with E-state index in [1.807, 2.05) is 6.07 Å². The minimum atomic E-state index is -2.17. The Morgan fingerprint density at radius 3 is 2.20 bits per heavy atom. The van der Waals surface area contributed by atoms with Crippen LogP contribution in [0.1, 0.15) is 0 Å². The van der Waals surface area contributed by atoms with E-state index in [9.17, 15) is 8.78 Å². The van der Waals surface area contributed by atoms with Crippen molar-refractivity contribution >= 4 is 19.4 Å². The summed E-state index contributed by atoms with van der Waals surface area (Å²) in [6, 6.07) is 8.84. The summed E-state index contributed by atoms with van der Waals surface area (Å²) in [7, 11) is 0. The van der Waals surface area contributed by atoms with Gasteiger partial charge in [-0.3, -0.25) is 0 Å². The summed E-state index contributed by atoms with van der Waals surface area (Å²) in [6.45, 7) is 0. The summed E-state index contributed by atoms with van der Waals surface area (Å²) in [6.07, 6.45) is 0. The molecule has 1 aromatic rings. The summed E-state index contributed by atoms with van der Waals surface area (Å²) in [5, 5.41) is -2.17. The summed E-state index contributed by atoms with van der Waals surface area (Å²) in [5.74, 6) is 0. The van der Waals surface area contributed by atoms with Crippen molar-refractivity contribution in [3.63, 3.8) is 0 Å². The molecule has 0 unspecified atom stereocenters. The van der Waals surface area contributed by atoms with E-state index < -0.39 is 20.3 Å². The molecule has 0 N–H and O–H groups in total. The number of rotatable bonds is 2. The Bertz CT molecular complexity index is 186. The van der Waals surface area contributed by atoms with Gasteiger partial charge in [0.1, 0.15) is 0 Å². The van der Waals surface area contributed by atoms with Crippen molar-refractivity contribution in [2.24, 2.45) is 0 Å². The summed E-state index contributed by atoms with van der Waals surface area (Å²) < 4.78 is 24.3. The van der Waals surface area contributed by atoms with E-state index in [1.165, 1.54) is 0 Å². The van der Waals surface area contributed by atoms with Gasteiger partial charge in [-0.25, -0.2) is 0 Å². The van der Waals surface area contributed by atoms with Gasteiger partial charge in [0.25, 0.3) is 0 Å². The molecule has 0 nitrogen and oxygen atoms in total. The van der Waals surface area contributed by atoms with Crippen LogP contribution in [-0.2, 0) is 0 Å². The van der Waals surface area contributed by atoms with Gasteiger partial charge in [-0.05, 0) is 0 Å². The quantitative estimate of drug-likeness (QED) is 0.640. The van der Waals surface area contributed by atoms with Crippen LogP contribution in [0.15, 0.2) is 30.3 Å². The Hall–Kier alpha value is -0.401. The molecule has 0 heterocycles. The molecule has 3 heteroatoms. The first-order chi connectivity index (χ1) is 4.79. The van der Waals surface area contributed by atoms with Gasteiger partial charge in [0.05, 0.1) is 0 Å². The van der Waals surface area contributed by atoms with Crippen LogP contribution in [0.2, 0.25) is 0 Å². The molecular formula is C7H6F2Se. The van der Waals surface area contributed by atoms with Crippen molar-refractivity contribution in [3.05, 3.63) is 30.3 Å². The molecule has 0 atom stereocenters. The second-order valence-corrected chi connectivity index (χ2v) is 3.92. The van der Waals surface area contributed by atoms with Gasteiger partial charge in [-0.2, -0.15) is 0 Å². The van der Waals surface area contributed by atoms with E-state index in [2.05, 4.69) is 0 Å². The predicted molar refractivity (Wildman–Crippen MR) is 37.8 cm³/mol. The minimum absolute atomic E-state index is 0.665. The van der Waals surface area contributed by atoms with E-state index in [0.717, 1.165) is 4.46 Å². The second-order valence-electron chi connectivity index (χ2n) is 1.69. The third-order valence-electron chi connectivity index (χ3n) is 0.968.